The molecule has 1 heterocycles. The van der Waals surface area contributed by atoms with Crippen molar-refractivity contribution in [3.63, 3.8) is 0 Å². The first kappa shape index (κ1) is 21.5. The lowest BCUT2D eigenvalue weighted by molar-refractivity contribution is 0.477. The molecule has 0 N–H and O–H groups in total. The van der Waals surface area contributed by atoms with E-state index >= 15 is 0 Å². The summed E-state index contributed by atoms with van der Waals surface area (Å²) in [5, 5.41) is 0. The predicted octanol–water partition coefficient (Wildman–Crippen LogP) is 3.87. The normalized spacial score (nSPS) is 15.1. The van der Waals surface area contributed by atoms with Crippen molar-refractivity contribution in [2.24, 2.45) is 0 Å². The zero-order valence-electron chi connectivity index (χ0n) is 17.0. The van der Waals surface area contributed by atoms with Gasteiger partial charge in [0, 0.05) is 13.1 Å². The summed E-state index contributed by atoms with van der Waals surface area (Å²) in [6.07, 6.45) is 1.69. The summed E-state index contributed by atoms with van der Waals surface area (Å²) in [5.74, 6) is 0. The van der Waals surface area contributed by atoms with Gasteiger partial charge in [0.25, 0.3) is 10.0 Å². The van der Waals surface area contributed by atoms with E-state index in [-0.39, 0.29) is 16.3 Å². The van der Waals surface area contributed by atoms with Gasteiger partial charge in [-0.05, 0) is 54.8 Å². The Hall–Kier alpha value is -2.68. The van der Waals surface area contributed by atoms with Crippen molar-refractivity contribution in [1.29, 1.82) is 0 Å². The lowest BCUT2D eigenvalue weighted by Gasteiger charge is -2.25. The van der Waals surface area contributed by atoms with Crippen LogP contribution < -0.4 is 4.31 Å². The standard InChI is InChI=1S/C23H24N2O4S2/c26-30(27,24-17-7-8-18-24)22-13-15-23(16-14-22)31(28,29)25(21-11-5-2-6-12-21)19-20-9-3-1-4-10-20/h1-6,9-16H,7-8,17-19H2. The molecule has 3 aromatic rings. The van der Waals surface area contributed by atoms with Crippen molar-refractivity contribution in [2.45, 2.75) is 29.2 Å². The number of benzene rings is 3. The highest BCUT2D eigenvalue weighted by molar-refractivity contribution is 7.92. The highest BCUT2D eigenvalue weighted by atomic mass is 32.2. The van der Waals surface area contributed by atoms with Crippen LogP contribution in [0.1, 0.15) is 18.4 Å². The van der Waals surface area contributed by atoms with Crippen molar-refractivity contribution >= 4 is 25.7 Å². The highest BCUT2D eigenvalue weighted by Crippen LogP contribution is 2.28. The summed E-state index contributed by atoms with van der Waals surface area (Å²) in [6, 6.07) is 23.7. The molecule has 0 bridgehead atoms. The van der Waals surface area contributed by atoms with Crippen LogP contribution in [0.25, 0.3) is 0 Å². The largest absolute Gasteiger partial charge is 0.264 e. The Bertz CT molecular complexity index is 1220. The molecule has 1 aliphatic heterocycles. The van der Waals surface area contributed by atoms with Gasteiger partial charge in [-0.15, -0.1) is 0 Å². The van der Waals surface area contributed by atoms with Gasteiger partial charge in [-0.25, -0.2) is 16.8 Å². The van der Waals surface area contributed by atoms with Gasteiger partial charge in [-0.1, -0.05) is 48.5 Å². The van der Waals surface area contributed by atoms with Crippen LogP contribution in [-0.4, -0.2) is 34.2 Å². The summed E-state index contributed by atoms with van der Waals surface area (Å²) < 4.78 is 55.3. The van der Waals surface area contributed by atoms with Crippen LogP contribution in [0, 0.1) is 0 Å². The van der Waals surface area contributed by atoms with E-state index in [4.69, 9.17) is 0 Å². The maximum Gasteiger partial charge on any atom is 0.264 e. The van der Waals surface area contributed by atoms with Crippen molar-refractivity contribution in [3.05, 3.63) is 90.5 Å². The fourth-order valence-corrected chi connectivity index (χ4v) is 6.62. The second kappa shape index (κ2) is 8.82. The quantitative estimate of drug-likeness (QED) is 0.541. The first-order valence-corrected chi connectivity index (χ1v) is 13.0. The van der Waals surface area contributed by atoms with Crippen molar-refractivity contribution < 1.29 is 16.8 Å². The van der Waals surface area contributed by atoms with Crippen LogP contribution in [0.2, 0.25) is 0 Å². The first-order chi connectivity index (χ1) is 14.9. The molecular weight excluding hydrogens is 432 g/mol. The molecule has 0 saturated carbocycles. The minimum atomic E-state index is -3.91. The molecule has 162 valence electrons. The van der Waals surface area contributed by atoms with Crippen LogP contribution in [0.5, 0.6) is 0 Å². The molecule has 1 aliphatic rings. The number of nitrogens with zero attached hydrogens (tertiary/aromatic N) is 2. The van der Waals surface area contributed by atoms with E-state index < -0.39 is 20.0 Å². The second-order valence-corrected chi connectivity index (χ2v) is 11.2. The molecule has 0 radical (unpaired) electrons. The van der Waals surface area contributed by atoms with Crippen LogP contribution in [0.15, 0.2) is 94.7 Å². The number of para-hydroxylation sites is 1. The van der Waals surface area contributed by atoms with Crippen LogP contribution in [-0.2, 0) is 26.6 Å². The van der Waals surface area contributed by atoms with E-state index in [0.29, 0.717) is 18.8 Å². The summed E-state index contributed by atoms with van der Waals surface area (Å²) in [4.78, 5) is 0.162. The van der Waals surface area contributed by atoms with Gasteiger partial charge in [-0.2, -0.15) is 4.31 Å². The van der Waals surface area contributed by atoms with Gasteiger partial charge < -0.3 is 0 Å². The molecule has 0 unspecified atom stereocenters. The van der Waals surface area contributed by atoms with Gasteiger partial charge in [-0.3, -0.25) is 4.31 Å². The molecule has 1 saturated heterocycles. The molecule has 3 aromatic carbocycles. The molecule has 0 aliphatic carbocycles. The van der Waals surface area contributed by atoms with Gasteiger partial charge in [0.2, 0.25) is 10.0 Å². The average Bonchev–Trinajstić information content (AvgIpc) is 3.35. The van der Waals surface area contributed by atoms with E-state index in [1.165, 1.54) is 32.9 Å². The Kier molecular flexibility index (Phi) is 6.13. The number of rotatable bonds is 7. The third-order valence-corrected chi connectivity index (χ3v) is 9.03. The number of anilines is 1. The van der Waals surface area contributed by atoms with E-state index in [1.807, 2.05) is 36.4 Å². The molecule has 0 amide bonds. The topological polar surface area (TPSA) is 74.8 Å². The molecule has 6 nitrogen and oxygen atoms in total. The SMILES string of the molecule is O=S(=O)(c1ccc(S(=O)(=O)N(Cc2ccccc2)c2ccccc2)cc1)N1CCCC1. The van der Waals surface area contributed by atoms with Gasteiger partial charge in [0.05, 0.1) is 22.0 Å². The van der Waals surface area contributed by atoms with Crippen molar-refractivity contribution in [1.82, 2.24) is 4.31 Å². The van der Waals surface area contributed by atoms with Gasteiger partial charge in [0.1, 0.15) is 0 Å². The molecule has 1 fully saturated rings. The smallest absolute Gasteiger partial charge is 0.262 e. The molecule has 4 rings (SSSR count). The van der Waals surface area contributed by atoms with Crippen molar-refractivity contribution in [2.75, 3.05) is 17.4 Å². The van der Waals surface area contributed by atoms with E-state index in [0.717, 1.165) is 18.4 Å². The minimum Gasteiger partial charge on any atom is -0.262 e. The maximum absolute atomic E-state index is 13.5. The molecule has 0 aromatic heterocycles. The Morgan fingerprint density at radius 3 is 1.77 bits per heavy atom. The van der Waals surface area contributed by atoms with E-state index in [2.05, 4.69) is 0 Å². The lowest BCUT2D eigenvalue weighted by Crippen LogP contribution is -2.31. The monoisotopic (exact) mass is 456 g/mol. The van der Waals surface area contributed by atoms with E-state index in [9.17, 15) is 16.8 Å². The minimum absolute atomic E-state index is 0.0488. The third-order valence-electron chi connectivity index (χ3n) is 5.33. The summed E-state index contributed by atoms with van der Waals surface area (Å²) >= 11 is 0. The second-order valence-electron chi connectivity index (χ2n) is 7.42. The first-order valence-electron chi connectivity index (χ1n) is 10.1. The zero-order chi connectivity index (χ0) is 21.9. The Morgan fingerprint density at radius 2 is 1.19 bits per heavy atom. The molecule has 8 heteroatoms. The number of sulfonamides is 2. The summed E-state index contributed by atoms with van der Waals surface area (Å²) in [5.41, 5.74) is 1.39. The molecular formula is C23H24N2O4S2. The summed E-state index contributed by atoms with van der Waals surface area (Å²) in [7, 11) is -7.51. The van der Waals surface area contributed by atoms with E-state index in [1.54, 1.807) is 24.3 Å². The van der Waals surface area contributed by atoms with Gasteiger partial charge in [0.15, 0.2) is 0 Å². The number of hydrogen-bond acceptors (Lipinski definition) is 4. The Labute approximate surface area is 183 Å². The highest BCUT2D eigenvalue weighted by Gasteiger charge is 2.29. The van der Waals surface area contributed by atoms with Crippen molar-refractivity contribution in [3.8, 4) is 0 Å². The predicted molar refractivity (Wildman–Crippen MR) is 121 cm³/mol. The average molecular weight is 457 g/mol. The Balaban J connectivity index is 1.68. The van der Waals surface area contributed by atoms with Gasteiger partial charge >= 0.3 is 0 Å². The Morgan fingerprint density at radius 1 is 0.677 bits per heavy atom. The molecule has 31 heavy (non-hydrogen) atoms. The van der Waals surface area contributed by atoms with Crippen LogP contribution >= 0.6 is 0 Å². The van der Waals surface area contributed by atoms with Crippen LogP contribution in [0.3, 0.4) is 0 Å². The lowest BCUT2D eigenvalue weighted by atomic mass is 10.2. The third kappa shape index (κ3) is 4.51. The zero-order valence-corrected chi connectivity index (χ0v) is 18.6. The molecule has 0 atom stereocenters. The maximum atomic E-state index is 13.5. The fraction of sp³-hybridized carbons (Fsp3) is 0.217. The fourth-order valence-electron chi connectivity index (χ4n) is 3.65. The van der Waals surface area contributed by atoms with Crippen LogP contribution in [0.4, 0.5) is 5.69 Å². The molecule has 0 spiro atoms. The number of hydrogen-bond donors (Lipinski definition) is 0. The summed E-state index contributed by atoms with van der Waals surface area (Å²) in [6.45, 7) is 1.17.